The van der Waals surface area contributed by atoms with Crippen molar-refractivity contribution in [3.8, 4) is 0 Å². The van der Waals surface area contributed by atoms with Crippen molar-refractivity contribution < 1.29 is 29.4 Å². The third-order valence-corrected chi connectivity index (χ3v) is 3.36. The molecule has 7 N–H and O–H groups in total. The number of carboxylic acids is 1. The van der Waals surface area contributed by atoms with Gasteiger partial charge in [0.2, 0.25) is 17.7 Å². The summed E-state index contributed by atoms with van der Waals surface area (Å²) in [5.41, 5.74) is 5.11. The van der Waals surface area contributed by atoms with Gasteiger partial charge in [-0.15, -0.1) is 0 Å². The molecule has 0 fully saturated rings. The summed E-state index contributed by atoms with van der Waals surface area (Å²) in [7, 11) is 0. The Kier molecular flexibility index (Phi) is 10.4. The van der Waals surface area contributed by atoms with E-state index >= 15 is 0 Å². The van der Waals surface area contributed by atoms with Gasteiger partial charge in [0.25, 0.3) is 0 Å². The van der Waals surface area contributed by atoms with E-state index in [1.165, 1.54) is 0 Å². The largest absolute Gasteiger partial charge is 0.480 e. The summed E-state index contributed by atoms with van der Waals surface area (Å²) >= 11 is 7.68. The molecule has 0 bridgehead atoms. The van der Waals surface area contributed by atoms with Gasteiger partial charge in [-0.1, -0.05) is 0 Å². The molecule has 0 saturated heterocycles. The first-order valence-electron chi connectivity index (χ1n) is 6.46. The normalized spacial score (nSPS) is 14.3. The van der Waals surface area contributed by atoms with E-state index in [9.17, 15) is 24.3 Å². The van der Waals surface area contributed by atoms with Crippen molar-refractivity contribution in [3.05, 3.63) is 0 Å². The summed E-state index contributed by atoms with van der Waals surface area (Å²) in [5, 5.41) is 24.6. The van der Waals surface area contributed by atoms with Gasteiger partial charge in [0.05, 0.1) is 13.2 Å². The fourth-order valence-corrected chi connectivity index (χ4v) is 1.88. The van der Waals surface area contributed by atoms with Gasteiger partial charge in [0.15, 0.2) is 0 Å². The molecular weight excluding hydrogens is 348 g/mol. The standard InChI is InChI=1S/C11H20N4O6S2/c12-1-8(17)13-6(3-22)10(19)14-5(2-16)9(18)15-7(4-23)11(20)21/h5-7,16,22-23H,1-4,12H2,(H,13,17)(H,14,19)(H,15,18)(H,20,21). The smallest absolute Gasteiger partial charge is 0.327 e. The van der Waals surface area contributed by atoms with Gasteiger partial charge in [0, 0.05) is 11.5 Å². The van der Waals surface area contributed by atoms with Crippen molar-refractivity contribution in [1.29, 1.82) is 0 Å². The summed E-state index contributed by atoms with van der Waals surface area (Å²) in [6, 6.07) is -3.72. The zero-order valence-electron chi connectivity index (χ0n) is 12.1. The topological polar surface area (TPSA) is 171 Å². The highest BCUT2D eigenvalue weighted by molar-refractivity contribution is 7.80. The van der Waals surface area contributed by atoms with Crippen LogP contribution < -0.4 is 21.7 Å². The summed E-state index contributed by atoms with van der Waals surface area (Å²) in [6.45, 7) is -1.09. The number of carbonyl (C=O) groups excluding carboxylic acids is 3. The third kappa shape index (κ3) is 7.54. The van der Waals surface area contributed by atoms with Crippen LogP contribution in [0.1, 0.15) is 0 Å². The average Bonchev–Trinajstić information content (AvgIpc) is 2.53. The second kappa shape index (κ2) is 11.1. The molecule has 0 spiro atoms. The van der Waals surface area contributed by atoms with Gasteiger partial charge in [0.1, 0.15) is 18.1 Å². The Morgan fingerprint density at radius 1 is 0.913 bits per heavy atom. The summed E-state index contributed by atoms with van der Waals surface area (Å²) < 4.78 is 0. The van der Waals surface area contributed by atoms with Gasteiger partial charge in [-0.05, 0) is 0 Å². The molecule has 12 heteroatoms. The minimum absolute atomic E-state index is 0.0638. The molecule has 0 rings (SSSR count). The maximum atomic E-state index is 12.0. The maximum Gasteiger partial charge on any atom is 0.327 e. The summed E-state index contributed by atoms with van der Waals surface area (Å²) in [6.07, 6.45) is 0. The van der Waals surface area contributed by atoms with E-state index in [4.69, 9.17) is 10.8 Å². The van der Waals surface area contributed by atoms with Gasteiger partial charge in [-0.3, -0.25) is 14.4 Å². The van der Waals surface area contributed by atoms with Crippen LogP contribution in [-0.4, -0.2) is 76.7 Å². The summed E-state index contributed by atoms with van der Waals surface area (Å²) in [4.78, 5) is 45.8. The van der Waals surface area contributed by atoms with Crippen molar-refractivity contribution >= 4 is 48.9 Å². The average molecular weight is 368 g/mol. The number of nitrogens with two attached hydrogens (primary N) is 1. The number of carboxylic acid groups (broad SMARTS) is 1. The van der Waals surface area contributed by atoms with E-state index < -0.39 is 48.4 Å². The number of nitrogens with one attached hydrogen (secondary N) is 3. The van der Waals surface area contributed by atoms with Crippen LogP contribution in [0.3, 0.4) is 0 Å². The third-order valence-electron chi connectivity index (χ3n) is 2.63. The van der Waals surface area contributed by atoms with Crippen LogP contribution in [0.2, 0.25) is 0 Å². The first kappa shape index (κ1) is 21.5. The van der Waals surface area contributed by atoms with E-state index in [1.54, 1.807) is 0 Å². The molecule has 0 saturated carbocycles. The summed E-state index contributed by atoms with van der Waals surface area (Å²) in [5.74, 6) is -3.80. The minimum Gasteiger partial charge on any atom is -0.480 e. The molecule has 0 aromatic carbocycles. The molecule has 0 heterocycles. The SMILES string of the molecule is NCC(=O)NC(CS)C(=O)NC(CO)C(=O)NC(CS)C(=O)O. The predicted octanol–water partition coefficient (Wildman–Crippen LogP) is -3.66. The van der Waals surface area contributed by atoms with Crippen LogP contribution in [0.5, 0.6) is 0 Å². The second-order valence-electron chi connectivity index (χ2n) is 4.33. The maximum absolute atomic E-state index is 12.0. The lowest BCUT2D eigenvalue weighted by Crippen LogP contribution is -2.58. The van der Waals surface area contributed by atoms with E-state index in [2.05, 4.69) is 41.2 Å². The van der Waals surface area contributed by atoms with E-state index in [0.29, 0.717) is 0 Å². The zero-order chi connectivity index (χ0) is 18.0. The van der Waals surface area contributed by atoms with Gasteiger partial charge < -0.3 is 31.9 Å². The molecule has 132 valence electrons. The van der Waals surface area contributed by atoms with Crippen molar-refractivity contribution in [3.63, 3.8) is 0 Å². The Labute approximate surface area is 143 Å². The molecule has 0 radical (unpaired) electrons. The highest BCUT2D eigenvalue weighted by Crippen LogP contribution is 1.94. The molecule has 10 nitrogen and oxygen atoms in total. The lowest BCUT2D eigenvalue weighted by atomic mass is 10.2. The molecule has 23 heavy (non-hydrogen) atoms. The number of hydrogen-bond donors (Lipinski definition) is 8. The second-order valence-corrected chi connectivity index (χ2v) is 5.06. The first-order chi connectivity index (χ1) is 10.8. The number of thiol groups is 2. The number of rotatable bonds is 10. The van der Waals surface area contributed by atoms with Crippen LogP contribution in [-0.2, 0) is 19.2 Å². The molecule has 3 amide bonds. The highest BCUT2D eigenvalue weighted by Gasteiger charge is 2.28. The molecule has 0 aliphatic carbocycles. The number of aliphatic hydroxyl groups is 1. The lowest BCUT2D eigenvalue weighted by Gasteiger charge is -2.22. The fraction of sp³-hybridized carbons (Fsp3) is 0.636. The molecule has 0 aromatic heterocycles. The Morgan fingerprint density at radius 2 is 1.39 bits per heavy atom. The number of carbonyl (C=O) groups is 4. The van der Waals surface area contributed by atoms with Crippen LogP contribution in [0.25, 0.3) is 0 Å². The molecular formula is C11H20N4O6S2. The Hall–Kier alpha value is -1.50. The lowest BCUT2D eigenvalue weighted by molar-refractivity contribution is -0.141. The predicted molar refractivity (Wildman–Crippen MR) is 87.3 cm³/mol. The van der Waals surface area contributed by atoms with Gasteiger partial charge in [-0.2, -0.15) is 25.3 Å². The van der Waals surface area contributed by atoms with Crippen LogP contribution in [0.15, 0.2) is 0 Å². The first-order valence-corrected chi connectivity index (χ1v) is 7.72. The van der Waals surface area contributed by atoms with Gasteiger partial charge >= 0.3 is 5.97 Å². The zero-order valence-corrected chi connectivity index (χ0v) is 13.8. The van der Waals surface area contributed by atoms with Crippen molar-refractivity contribution in [2.75, 3.05) is 24.7 Å². The monoisotopic (exact) mass is 368 g/mol. The number of aliphatic hydroxyl groups excluding tert-OH is 1. The van der Waals surface area contributed by atoms with Crippen molar-refractivity contribution in [2.24, 2.45) is 5.73 Å². The Morgan fingerprint density at radius 3 is 1.78 bits per heavy atom. The van der Waals surface area contributed by atoms with Gasteiger partial charge in [-0.25, -0.2) is 4.79 Å². The van der Waals surface area contributed by atoms with E-state index in [-0.39, 0.29) is 18.1 Å². The van der Waals surface area contributed by atoms with E-state index in [1.807, 2.05) is 0 Å². The van der Waals surface area contributed by atoms with E-state index in [0.717, 1.165) is 0 Å². The van der Waals surface area contributed by atoms with Crippen LogP contribution in [0, 0.1) is 0 Å². The molecule has 3 unspecified atom stereocenters. The Balaban J connectivity index is 4.78. The number of hydrogen-bond acceptors (Lipinski definition) is 8. The van der Waals surface area contributed by atoms with Crippen LogP contribution in [0.4, 0.5) is 0 Å². The van der Waals surface area contributed by atoms with Crippen molar-refractivity contribution in [1.82, 2.24) is 16.0 Å². The molecule has 0 aliphatic rings. The highest BCUT2D eigenvalue weighted by atomic mass is 32.1. The Bertz CT molecular complexity index is 450. The number of amides is 3. The number of aliphatic carboxylic acids is 1. The van der Waals surface area contributed by atoms with Crippen LogP contribution >= 0.6 is 25.3 Å². The minimum atomic E-state index is -1.39. The fourth-order valence-electron chi connectivity index (χ4n) is 1.37. The molecule has 0 aromatic rings. The van der Waals surface area contributed by atoms with Crippen molar-refractivity contribution in [2.45, 2.75) is 18.1 Å². The quantitative estimate of drug-likeness (QED) is 0.184. The molecule has 0 aliphatic heterocycles. The molecule has 3 atom stereocenters.